The minimum atomic E-state index is -0.318. The van der Waals surface area contributed by atoms with E-state index in [2.05, 4.69) is 16.9 Å². The van der Waals surface area contributed by atoms with Crippen LogP contribution in [0.3, 0.4) is 0 Å². The van der Waals surface area contributed by atoms with Crippen LogP contribution in [-0.4, -0.2) is 35.3 Å². The first kappa shape index (κ1) is 15.5. The number of aromatic nitrogens is 2. The number of anilines is 2. The van der Waals surface area contributed by atoms with Crippen molar-refractivity contribution in [3.05, 3.63) is 42.0 Å². The van der Waals surface area contributed by atoms with Crippen molar-refractivity contribution in [2.24, 2.45) is 7.05 Å². The van der Waals surface area contributed by atoms with Crippen molar-refractivity contribution in [1.29, 1.82) is 0 Å². The number of amides is 1. The topological polar surface area (TPSA) is 41.4 Å². The molecule has 23 heavy (non-hydrogen) atoms. The molecule has 0 spiro atoms. The van der Waals surface area contributed by atoms with E-state index in [-0.39, 0.29) is 18.1 Å². The fourth-order valence-corrected chi connectivity index (χ4v) is 3.04. The van der Waals surface area contributed by atoms with Gasteiger partial charge in [0.25, 0.3) is 0 Å². The van der Waals surface area contributed by atoms with Crippen LogP contribution in [0.1, 0.15) is 18.9 Å². The van der Waals surface area contributed by atoms with E-state index in [1.807, 2.05) is 13.2 Å². The monoisotopic (exact) mass is 316 g/mol. The van der Waals surface area contributed by atoms with Gasteiger partial charge in [-0.05, 0) is 30.2 Å². The highest BCUT2D eigenvalue weighted by Crippen LogP contribution is 2.34. The molecular weight excluding hydrogens is 295 g/mol. The summed E-state index contributed by atoms with van der Waals surface area (Å²) < 4.78 is 15.4. The minimum Gasteiger partial charge on any atom is -0.368 e. The summed E-state index contributed by atoms with van der Waals surface area (Å²) in [6, 6.07) is 4.68. The molecule has 2 aromatic rings. The number of benzene rings is 1. The van der Waals surface area contributed by atoms with Crippen molar-refractivity contribution < 1.29 is 9.18 Å². The molecule has 5 nitrogen and oxygen atoms in total. The zero-order valence-corrected chi connectivity index (χ0v) is 13.5. The van der Waals surface area contributed by atoms with Crippen molar-refractivity contribution >= 4 is 17.3 Å². The summed E-state index contributed by atoms with van der Waals surface area (Å²) in [6.07, 6.45) is 4.81. The Labute approximate surface area is 135 Å². The highest BCUT2D eigenvalue weighted by atomic mass is 19.1. The Morgan fingerprint density at radius 3 is 2.83 bits per heavy atom. The zero-order chi connectivity index (χ0) is 16.4. The van der Waals surface area contributed by atoms with Crippen molar-refractivity contribution in [3.8, 4) is 0 Å². The molecule has 1 aliphatic heterocycles. The van der Waals surface area contributed by atoms with Crippen LogP contribution in [0.5, 0.6) is 0 Å². The summed E-state index contributed by atoms with van der Waals surface area (Å²) in [5.41, 5.74) is 2.46. The second kappa shape index (κ2) is 6.40. The average Bonchev–Trinajstić information content (AvgIpc) is 2.92. The van der Waals surface area contributed by atoms with Gasteiger partial charge in [-0.1, -0.05) is 6.92 Å². The Bertz CT molecular complexity index is 712. The van der Waals surface area contributed by atoms with Crippen LogP contribution in [0.25, 0.3) is 0 Å². The average molecular weight is 316 g/mol. The molecule has 0 N–H and O–H groups in total. The third kappa shape index (κ3) is 3.21. The van der Waals surface area contributed by atoms with Crippen LogP contribution in [0, 0.1) is 5.82 Å². The van der Waals surface area contributed by atoms with Gasteiger partial charge in [-0.25, -0.2) is 4.39 Å². The van der Waals surface area contributed by atoms with Crippen molar-refractivity contribution in [1.82, 2.24) is 9.78 Å². The molecular formula is C17H21FN4O. The van der Waals surface area contributed by atoms with E-state index in [1.54, 1.807) is 21.8 Å². The summed E-state index contributed by atoms with van der Waals surface area (Å²) in [5.74, 6) is -0.345. The lowest BCUT2D eigenvalue weighted by molar-refractivity contribution is -0.118. The van der Waals surface area contributed by atoms with Gasteiger partial charge in [0.15, 0.2) is 0 Å². The quantitative estimate of drug-likeness (QED) is 0.869. The van der Waals surface area contributed by atoms with Gasteiger partial charge >= 0.3 is 0 Å². The lowest BCUT2D eigenvalue weighted by Gasteiger charge is -2.37. The lowest BCUT2D eigenvalue weighted by atomic mass is 10.1. The normalized spacial score (nSPS) is 14.0. The molecule has 1 aliphatic rings. The SMILES string of the molecule is CCCN1CCN(C(=O)Cc2cnn(C)c2)c2cc(F)ccc21. The first-order valence-electron chi connectivity index (χ1n) is 7.91. The molecule has 0 saturated heterocycles. The molecule has 122 valence electrons. The highest BCUT2D eigenvalue weighted by Gasteiger charge is 2.27. The van der Waals surface area contributed by atoms with Gasteiger partial charge in [-0.15, -0.1) is 0 Å². The summed E-state index contributed by atoms with van der Waals surface area (Å²) in [5, 5.41) is 4.09. The van der Waals surface area contributed by atoms with E-state index in [0.29, 0.717) is 12.2 Å². The van der Waals surface area contributed by atoms with E-state index in [1.165, 1.54) is 12.1 Å². The van der Waals surface area contributed by atoms with Crippen molar-refractivity contribution in [2.45, 2.75) is 19.8 Å². The van der Waals surface area contributed by atoms with Crippen LogP contribution in [0.15, 0.2) is 30.6 Å². The largest absolute Gasteiger partial charge is 0.368 e. The number of hydrogen-bond acceptors (Lipinski definition) is 3. The van der Waals surface area contributed by atoms with Crippen LogP contribution >= 0.6 is 0 Å². The molecule has 0 atom stereocenters. The summed E-state index contributed by atoms with van der Waals surface area (Å²) in [6.45, 7) is 4.37. The maximum atomic E-state index is 13.7. The Kier molecular flexibility index (Phi) is 4.32. The number of rotatable bonds is 4. The van der Waals surface area contributed by atoms with Crippen LogP contribution in [0.2, 0.25) is 0 Å². The molecule has 0 bridgehead atoms. The minimum absolute atomic E-state index is 0.0269. The molecule has 0 unspecified atom stereocenters. The highest BCUT2D eigenvalue weighted by molar-refractivity contribution is 5.98. The van der Waals surface area contributed by atoms with Crippen LogP contribution in [-0.2, 0) is 18.3 Å². The van der Waals surface area contributed by atoms with E-state index >= 15 is 0 Å². The molecule has 0 saturated carbocycles. The Balaban J connectivity index is 1.86. The summed E-state index contributed by atoms with van der Waals surface area (Å²) >= 11 is 0. The fraction of sp³-hybridized carbons (Fsp3) is 0.412. The molecule has 0 fully saturated rings. The molecule has 1 amide bonds. The van der Waals surface area contributed by atoms with Gasteiger partial charge in [-0.2, -0.15) is 5.10 Å². The predicted molar refractivity (Wildman–Crippen MR) is 88.2 cm³/mol. The number of halogens is 1. The summed E-state index contributed by atoms with van der Waals surface area (Å²) in [4.78, 5) is 16.6. The first-order chi connectivity index (χ1) is 11.1. The lowest BCUT2D eigenvalue weighted by Crippen LogP contribution is -2.45. The number of aryl methyl sites for hydroxylation is 1. The Hall–Kier alpha value is -2.37. The second-order valence-electron chi connectivity index (χ2n) is 5.86. The van der Waals surface area contributed by atoms with Gasteiger partial charge in [0.05, 0.1) is 24.0 Å². The molecule has 0 radical (unpaired) electrons. The smallest absolute Gasteiger partial charge is 0.231 e. The van der Waals surface area contributed by atoms with E-state index < -0.39 is 0 Å². The molecule has 1 aromatic heterocycles. The van der Waals surface area contributed by atoms with Gasteiger partial charge < -0.3 is 9.80 Å². The van der Waals surface area contributed by atoms with Gasteiger partial charge in [-0.3, -0.25) is 9.48 Å². The second-order valence-corrected chi connectivity index (χ2v) is 5.86. The zero-order valence-electron chi connectivity index (χ0n) is 13.5. The molecule has 2 heterocycles. The van der Waals surface area contributed by atoms with Gasteiger partial charge in [0.2, 0.25) is 5.91 Å². The number of hydrogen-bond donors (Lipinski definition) is 0. The van der Waals surface area contributed by atoms with Gasteiger partial charge in [0, 0.05) is 32.9 Å². The van der Waals surface area contributed by atoms with Crippen LogP contribution < -0.4 is 9.80 Å². The summed E-state index contributed by atoms with van der Waals surface area (Å²) in [7, 11) is 1.82. The standard InChI is InChI=1S/C17H21FN4O/c1-3-6-21-7-8-22(16-10-14(18)4-5-15(16)21)17(23)9-13-11-19-20(2)12-13/h4-5,10-12H,3,6-9H2,1-2H3. The van der Waals surface area contributed by atoms with E-state index in [4.69, 9.17) is 0 Å². The third-order valence-corrected chi connectivity index (χ3v) is 4.07. The number of carbonyl (C=O) groups is 1. The van der Waals surface area contributed by atoms with Crippen molar-refractivity contribution in [3.63, 3.8) is 0 Å². The number of carbonyl (C=O) groups excluding carboxylic acids is 1. The number of nitrogens with zero attached hydrogens (tertiary/aromatic N) is 4. The van der Waals surface area contributed by atoms with Gasteiger partial charge in [0.1, 0.15) is 5.82 Å². The molecule has 3 rings (SSSR count). The Morgan fingerprint density at radius 1 is 1.30 bits per heavy atom. The van der Waals surface area contributed by atoms with E-state index in [9.17, 15) is 9.18 Å². The maximum Gasteiger partial charge on any atom is 0.231 e. The van der Waals surface area contributed by atoms with E-state index in [0.717, 1.165) is 30.8 Å². The molecule has 0 aliphatic carbocycles. The van der Waals surface area contributed by atoms with Crippen LogP contribution in [0.4, 0.5) is 15.8 Å². The molecule has 1 aromatic carbocycles. The maximum absolute atomic E-state index is 13.7. The Morgan fingerprint density at radius 2 is 2.13 bits per heavy atom. The third-order valence-electron chi connectivity index (χ3n) is 4.07. The molecule has 6 heteroatoms. The predicted octanol–water partition coefficient (Wildman–Crippen LogP) is 2.36. The first-order valence-corrected chi connectivity index (χ1v) is 7.91. The van der Waals surface area contributed by atoms with Crippen molar-refractivity contribution in [2.75, 3.05) is 29.4 Å². The fourth-order valence-electron chi connectivity index (χ4n) is 3.04. The number of fused-ring (bicyclic) bond motifs is 1.